The third-order valence-electron chi connectivity index (χ3n) is 5.20. The van der Waals surface area contributed by atoms with Crippen molar-refractivity contribution >= 4 is 23.2 Å². The number of amides is 1. The largest absolute Gasteiger partial charge is 0.416 e. The van der Waals surface area contributed by atoms with Crippen LogP contribution in [-0.2, 0) is 12.4 Å². The van der Waals surface area contributed by atoms with Gasteiger partial charge in [-0.2, -0.15) is 26.3 Å². The molecular formula is C25H17F6N5O. The van der Waals surface area contributed by atoms with Crippen molar-refractivity contribution in [2.75, 3.05) is 10.6 Å². The van der Waals surface area contributed by atoms with Crippen molar-refractivity contribution in [2.45, 2.75) is 19.3 Å². The first-order valence-electron chi connectivity index (χ1n) is 10.6. The lowest BCUT2D eigenvalue weighted by molar-refractivity contribution is -0.143. The summed E-state index contributed by atoms with van der Waals surface area (Å²) in [7, 11) is 0. The molecule has 37 heavy (non-hydrogen) atoms. The zero-order valence-electron chi connectivity index (χ0n) is 18.9. The van der Waals surface area contributed by atoms with Crippen molar-refractivity contribution in [1.29, 1.82) is 0 Å². The quantitative estimate of drug-likeness (QED) is 0.282. The van der Waals surface area contributed by atoms with Crippen molar-refractivity contribution in [3.05, 3.63) is 95.4 Å². The minimum atomic E-state index is -5.04. The van der Waals surface area contributed by atoms with E-state index in [2.05, 4.69) is 25.6 Å². The minimum Gasteiger partial charge on any atom is -0.324 e. The number of anilines is 3. The number of nitrogens with zero attached hydrogens (tertiary/aromatic N) is 3. The predicted molar refractivity (Wildman–Crippen MR) is 124 cm³/mol. The average molecular weight is 517 g/mol. The summed E-state index contributed by atoms with van der Waals surface area (Å²) in [6.45, 7) is 1.73. The lowest BCUT2D eigenvalue weighted by atomic mass is 10.1. The standard InChI is InChI=1S/C25H17F6N5O/c1-14-4-5-15(9-21(14)36-23-33-8-6-20(35-23)16-3-2-7-32-13-16)22(37)34-19-11-17(24(26,27)28)10-18(12-19)25(29,30)31/h2-13H,1H3,(H,34,37)(H,33,35,36). The molecule has 2 aromatic heterocycles. The van der Waals surface area contributed by atoms with Gasteiger partial charge in [0.15, 0.2) is 0 Å². The Morgan fingerprint density at radius 1 is 0.865 bits per heavy atom. The summed E-state index contributed by atoms with van der Waals surface area (Å²) in [5, 5.41) is 5.10. The Balaban J connectivity index is 1.60. The maximum Gasteiger partial charge on any atom is 0.416 e. The highest BCUT2D eigenvalue weighted by atomic mass is 19.4. The molecule has 0 radical (unpaired) electrons. The smallest absolute Gasteiger partial charge is 0.324 e. The lowest BCUT2D eigenvalue weighted by Gasteiger charge is -2.15. The molecule has 2 N–H and O–H groups in total. The normalized spacial score (nSPS) is 11.8. The third kappa shape index (κ3) is 6.21. The van der Waals surface area contributed by atoms with E-state index >= 15 is 0 Å². The lowest BCUT2D eigenvalue weighted by Crippen LogP contribution is -2.16. The van der Waals surface area contributed by atoms with Crippen molar-refractivity contribution in [1.82, 2.24) is 15.0 Å². The van der Waals surface area contributed by atoms with Gasteiger partial charge in [0.2, 0.25) is 5.95 Å². The van der Waals surface area contributed by atoms with Crippen LogP contribution in [0.4, 0.5) is 43.7 Å². The first-order valence-corrected chi connectivity index (χ1v) is 10.6. The molecular weight excluding hydrogens is 500 g/mol. The Kier molecular flexibility index (Phi) is 6.84. The maximum absolute atomic E-state index is 13.1. The van der Waals surface area contributed by atoms with E-state index in [0.717, 1.165) is 5.56 Å². The van der Waals surface area contributed by atoms with Crippen LogP contribution in [0.2, 0.25) is 0 Å². The number of hydrogen-bond donors (Lipinski definition) is 2. The van der Waals surface area contributed by atoms with Gasteiger partial charge in [0.1, 0.15) is 0 Å². The van der Waals surface area contributed by atoms with Crippen molar-refractivity contribution in [3.8, 4) is 11.3 Å². The molecule has 0 saturated heterocycles. The molecule has 0 aliphatic heterocycles. The van der Waals surface area contributed by atoms with Crippen LogP contribution in [0.5, 0.6) is 0 Å². The summed E-state index contributed by atoms with van der Waals surface area (Å²) >= 11 is 0. The summed E-state index contributed by atoms with van der Waals surface area (Å²) in [5.74, 6) is -0.699. The Labute approximate surface area is 206 Å². The Morgan fingerprint density at radius 2 is 1.57 bits per heavy atom. The van der Waals surface area contributed by atoms with Crippen LogP contribution in [0.15, 0.2) is 73.2 Å². The molecule has 0 atom stereocenters. The maximum atomic E-state index is 13.1. The van der Waals surface area contributed by atoms with E-state index in [4.69, 9.17) is 0 Å². The zero-order chi connectivity index (χ0) is 26.8. The molecule has 0 bridgehead atoms. The van der Waals surface area contributed by atoms with Gasteiger partial charge in [-0.1, -0.05) is 6.07 Å². The van der Waals surface area contributed by atoms with Crippen molar-refractivity contribution in [3.63, 3.8) is 0 Å². The fraction of sp³-hybridized carbons (Fsp3) is 0.120. The molecule has 1 amide bonds. The van der Waals surface area contributed by atoms with E-state index < -0.39 is 35.1 Å². The number of rotatable bonds is 5. The molecule has 0 spiro atoms. The van der Waals surface area contributed by atoms with Crippen LogP contribution in [0.1, 0.15) is 27.0 Å². The molecule has 6 nitrogen and oxygen atoms in total. The van der Waals surface area contributed by atoms with Crippen molar-refractivity contribution < 1.29 is 31.1 Å². The Hall–Kier alpha value is -4.48. The first-order chi connectivity index (χ1) is 17.4. The molecule has 2 aromatic carbocycles. The van der Waals surface area contributed by atoms with E-state index in [1.807, 2.05) is 6.07 Å². The van der Waals surface area contributed by atoms with E-state index in [1.165, 1.54) is 18.3 Å². The molecule has 4 rings (SSSR count). The van der Waals surface area contributed by atoms with Crippen LogP contribution in [0.25, 0.3) is 11.3 Å². The molecule has 12 heteroatoms. The SMILES string of the molecule is Cc1ccc(C(=O)Nc2cc(C(F)(F)F)cc(C(F)(F)F)c2)cc1Nc1nccc(-c2cccnc2)n1. The summed E-state index contributed by atoms with van der Waals surface area (Å²) in [6.07, 6.45) is -5.30. The summed E-state index contributed by atoms with van der Waals surface area (Å²) in [5.41, 5.74) is -1.29. The van der Waals surface area contributed by atoms with E-state index in [-0.39, 0.29) is 17.6 Å². The number of carbonyl (C=O) groups excluding carboxylic acids is 1. The van der Waals surface area contributed by atoms with E-state index in [9.17, 15) is 31.1 Å². The highest BCUT2D eigenvalue weighted by molar-refractivity contribution is 6.05. The predicted octanol–water partition coefficient (Wildman–Crippen LogP) is 6.88. The minimum absolute atomic E-state index is 0.0107. The van der Waals surface area contributed by atoms with Crippen LogP contribution in [0, 0.1) is 6.92 Å². The molecule has 0 aliphatic rings. The van der Waals surface area contributed by atoms with Gasteiger partial charge in [0, 0.05) is 41.1 Å². The second-order valence-corrected chi connectivity index (χ2v) is 7.91. The average Bonchev–Trinajstić information content (AvgIpc) is 2.85. The second-order valence-electron chi connectivity index (χ2n) is 7.91. The van der Waals surface area contributed by atoms with Gasteiger partial charge < -0.3 is 10.6 Å². The number of halogens is 6. The van der Waals surface area contributed by atoms with Crippen LogP contribution >= 0.6 is 0 Å². The summed E-state index contributed by atoms with van der Waals surface area (Å²) < 4.78 is 78.8. The van der Waals surface area contributed by atoms with Crippen molar-refractivity contribution in [2.24, 2.45) is 0 Å². The van der Waals surface area contributed by atoms with Gasteiger partial charge in [-0.05, 0) is 61.0 Å². The number of nitrogens with one attached hydrogen (secondary N) is 2. The van der Waals surface area contributed by atoms with Gasteiger partial charge in [0.25, 0.3) is 5.91 Å². The topological polar surface area (TPSA) is 79.8 Å². The molecule has 2 heterocycles. The number of benzene rings is 2. The molecule has 0 saturated carbocycles. The number of carbonyl (C=O) groups is 1. The molecule has 190 valence electrons. The van der Waals surface area contributed by atoms with Gasteiger partial charge in [0.05, 0.1) is 16.8 Å². The highest BCUT2D eigenvalue weighted by Crippen LogP contribution is 2.37. The van der Waals surface area contributed by atoms with E-state index in [1.54, 1.807) is 37.5 Å². The Morgan fingerprint density at radius 3 is 2.19 bits per heavy atom. The number of aryl methyl sites for hydroxylation is 1. The fourth-order valence-electron chi connectivity index (χ4n) is 3.34. The third-order valence-corrected chi connectivity index (χ3v) is 5.20. The molecule has 4 aromatic rings. The summed E-state index contributed by atoms with van der Waals surface area (Å²) in [4.78, 5) is 25.4. The first kappa shape index (κ1) is 25.6. The number of hydrogen-bond acceptors (Lipinski definition) is 5. The van der Waals surface area contributed by atoms with Gasteiger partial charge in [-0.3, -0.25) is 9.78 Å². The number of pyridine rings is 1. The fourth-order valence-corrected chi connectivity index (χ4v) is 3.34. The monoisotopic (exact) mass is 517 g/mol. The van der Waals surface area contributed by atoms with E-state index in [0.29, 0.717) is 29.1 Å². The molecule has 0 fully saturated rings. The van der Waals surface area contributed by atoms with Gasteiger partial charge >= 0.3 is 12.4 Å². The van der Waals surface area contributed by atoms with Gasteiger partial charge in [-0.25, -0.2) is 9.97 Å². The van der Waals surface area contributed by atoms with Crippen LogP contribution in [-0.4, -0.2) is 20.9 Å². The Bertz CT molecular complexity index is 1410. The second kappa shape index (κ2) is 9.88. The van der Waals surface area contributed by atoms with Crippen LogP contribution in [0.3, 0.4) is 0 Å². The number of alkyl halides is 6. The molecule has 0 unspecified atom stereocenters. The molecule has 0 aliphatic carbocycles. The van der Waals surface area contributed by atoms with Crippen LogP contribution < -0.4 is 10.6 Å². The highest BCUT2D eigenvalue weighted by Gasteiger charge is 2.37. The van der Waals surface area contributed by atoms with Gasteiger partial charge in [-0.15, -0.1) is 0 Å². The zero-order valence-corrected chi connectivity index (χ0v) is 18.9. The summed E-state index contributed by atoms with van der Waals surface area (Å²) in [6, 6.07) is 10.5. The number of aromatic nitrogens is 3.